The average Bonchev–Trinajstić information content (AvgIpc) is 3.24. The summed E-state index contributed by atoms with van der Waals surface area (Å²) in [6, 6.07) is 17.4. The second-order valence-electron chi connectivity index (χ2n) is 8.73. The molecule has 1 aliphatic rings. The minimum absolute atomic E-state index is 0.0779. The second-order valence-corrected chi connectivity index (χ2v) is 8.73. The van der Waals surface area contributed by atoms with Crippen molar-refractivity contribution >= 4 is 22.8 Å². The first kappa shape index (κ1) is 21.3. The van der Waals surface area contributed by atoms with Gasteiger partial charge in [-0.05, 0) is 42.9 Å². The summed E-state index contributed by atoms with van der Waals surface area (Å²) in [7, 11) is 0. The number of ketones is 1. The highest BCUT2D eigenvalue weighted by Gasteiger charge is 2.36. The van der Waals surface area contributed by atoms with Crippen LogP contribution >= 0.6 is 0 Å². The van der Waals surface area contributed by atoms with Gasteiger partial charge in [-0.25, -0.2) is 4.98 Å². The van der Waals surface area contributed by atoms with E-state index in [-0.39, 0.29) is 11.7 Å². The van der Waals surface area contributed by atoms with Crippen molar-refractivity contribution in [2.45, 2.75) is 51.4 Å². The predicted molar refractivity (Wildman–Crippen MR) is 120 cm³/mol. The first-order valence-electron chi connectivity index (χ1n) is 11.3. The fourth-order valence-corrected chi connectivity index (χ4v) is 4.88. The summed E-state index contributed by atoms with van der Waals surface area (Å²) < 4.78 is 5.77. The number of aromatic nitrogens is 1. The third-order valence-corrected chi connectivity index (χ3v) is 6.59. The Morgan fingerprint density at radius 1 is 0.968 bits per heavy atom. The van der Waals surface area contributed by atoms with Gasteiger partial charge < -0.3 is 10.2 Å². The quantitative estimate of drug-likeness (QED) is 0.476. The lowest BCUT2D eigenvalue weighted by molar-refractivity contribution is -0.123. The van der Waals surface area contributed by atoms with Crippen LogP contribution in [0.25, 0.3) is 11.1 Å². The van der Waals surface area contributed by atoms with Crippen LogP contribution in [0.5, 0.6) is 0 Å². The van der Waals surface area contributed by atoms with Gasteiger partial charge in [0.1, 0.15) is 5.52 Å². The van der Waals surface area contributed by atoms with Crippen LogP contribution in [-0.4, -0.2) is 16.7 Å². The van der Waals surface area contributed by atoms with Crippen molar-refractivity contribution in [1.29, 1.82) is 0 Å². The van der Waals surface area contributed by atoms with Gasteiger partial charge in [-0.15, -0.1) is 0 Å². The Labute approximate surface area is 183 Å². The monoisotopic (exact) mass is 418 g/mol. The molecule has 1 unspecified atom stereocenters. The van der Waals surface area contributed by atoms with E-state index in [1.54, 1.807) is 6.07 Å². The molecule has 2 aromatic carbocycles. The smallest absolute Gasteiger partial charge is 0.264 e. The topological polar surface area (TPSA) is 86.2 Å². The first-order chi connectivity index (χ1) is 15.1. The molecule has 0 bridgehead atoms. The van der Waals surface area contributed by atoms with E-state index >= 15 is 0 Å². The highest BCUT2D eigenvalue weighted by Crippen LogP contribution is 2.34. The molecule has 4 rings (SSSR count). The molecule has 0 spiro atoms. The van der Waals surface area contributed by atoms with Crippen LogP contribution in [0.2, 0.25) is 0 Å². The summed E-state index contributed by atoms with van der Waals surface area (Å²) >= 11 is 0. The number of nitrogens with two attached hydrogens (primary N) is 1. The van der Waals surface area contributed by atoms with Gasteiger partial charge in [-0.2, -0.15) is 0 Å². The Morgan fingerprint density at radius 3 is 2.39 bits per heavy atom. The fraction of sp³-hybridized carbons (Fsp3) is 0.423. The van der Waals surface area contributed by atoms with Crippen molar-refractivity contribution in [2.24, 2.45) is 23.5 Å². The summed E-state index contributed by atoms with van der Waals surface area (Å²) in [6.45, 7) is 0. The predicted octanol–water partition coefficient (Wildman–Crippen LogP) is 5.33. The zero-order valence-electron chi connectivity index (χ0n) is 17.8. The molecular weight excluding hydrogens is 388 g/mol. The highest BCUT2D eigenvalue weighted by atomic mass is 16.4. The lowest BCUT2D eigenvalue weighted by Gasteiger charge is -2.29. The van der Waals surface area contributed by atoms with E-state index in [2.05, 4.69) is 4.98 Å². The van der Waals surface area contributed by atoms with Gasteiger partial charge in [0.05, 0.1) is 0 Å². The summed E-state index contributed by atoms with van der Waals surface area (Å²) in [5, 5.41) is 0. The number of amides is 1. The molecule has 2 atom stereocenters. The number of carbonyl (C=O) groups is 2. The standard InChI is InChI=1S/C26H30N2O3/c27-25(30)21(17-19-11-5-2-6-12-19)20(16-15-18-9-3-1-4-10-18)24(29)26-28-22-13-7-8-14-23(22)31-26/h1,3-4,7-10,13-14,19-21H,2,5-6,11-12,15-17H2,(H2,27,30)/t20-,21?/m0/s1. The molecule has 1 saturated carbocycles. The van der Waals surface area contributed by atoms with Crippen LogP contribution in [0.1, 0.15) is 61.2 Å². The molecule has 1 aliphatic carbocycles. The van der Waals surface area contributed by atoms with Crippen molar-refractivity contribution < 1.29 is 14.0 Å². The van der Waals surface area contributed by atoms with Gasteiger partial charge in [-0.3, -0.25) is 9.59 Å². The number of fused-ring (bicyclic) bond motifs is 1. The molecule has 1 aromatic heterocycles. The molecule has 0 aliphatic heterocycles. The SMILES string of the molecule is NC(=O)C(CC1CCCCC1)[C@H](CCc1ccccc1)C(=O)c1nc2ccccc2o1. The Bertz CT molecular complexity index is 988. The van der Waals surface area contributed by atoms with Crippen molar-refractivity contribution in [3.8, 4) is 0 Å². The molecular formula is C26H30N2O3. The van der Waals surface area contributed by atoms with E-state index in [4.69, 9.17) is 10.2 Å². The van der Waals surface area contributed by atoms with E-state index in [9.17, 15) is 9.59 Å². The van der Waals surface area contributed by atoms with E-state index in [0.717, 1.165) is 18.4 Å². The first-order valence-corrected chi connectivity index (χ1v) is 11.3. The number of oxazole rings is 1. The summed E-state index contributed by atoms with van der Waals surface area (Å²) in [6.07, 6.45) is 7.73. The summed E-state index contributed by atoms with van der Waals surface area (Å²) in [5.74, 6) is -1.13. The van der Waals surface area contributed by atoms with Gasteiger partial charge in [-0.1, -0.05) is 74.6 Å². The summed E-state index contributed by atoms with van der Waals surface area (Å²) in [5.41, 5.74) is 8.24. The van der Waals surface area contributed by atoms with E-state index in [1.165, 1.54) is 19.3 Å². The number of hydrogen-bond donors (Lipinski definition) is 1. The number of nitrogens with zero attached hydrogens (tertiary/aromatic N) is 1. The number of rotatable bonds is 9. The zero-order chi connectivity index (χ0) is 21.6. The largest absolute Gasteiger partial charge is 0.434 e. The second kappa shape index (κ2) is 9.90. The van der Waals surface area contributed by atoms with Crippen LogP contribution in [0.3, 0.4) is 0 Å². The molecule has 3 aromatic rings. The zero-order valence-corrected chi connectivity index (χ0v) is 17.8. The van der Waals surface area contributed by atoms with Gasteiger partial charge in [0.25, 0.3) is 5.89 Å². The van der Waals surface area contributed by atoms with Crippen LogP contribution in [0.4, 0.5) is 0 Å². The van der Waals surface area contributed by atoms with Crippen molar-refractivity contribution in [1.82, 2.24) is 4.98 Å². The molecule has 5 heteroatoms. The summed E-state index contributed by atoms with van der Waals surface area (Å²) in [4.78, 5) is 30.5. The molecule has 31 heavy (non-hydrogen) atoms. The Balaban J connectivity index is 1.61. The minimum Gasteiger partial charge on any atom is -0.434 e. The molecule has 1 amide bonds. The fourth-order valence-electron chi connectivity index (χ4n) is 4.88. The van der Waals surface area contributed by atoms with Crippen LogP contribution in [0.15, 0.2) is 59.0 Å². The van der Waals surface area contributed by atoms with Crippen molar-refractivity contribution in [3.05, 3.63) is 66.1 Å². The number of benzene rings is 2. The third-order valence-electron chi connectivity index (χ3n) is 6.59. The maximum absolute atomic E-state index is 13.6. The van der Waals surface area contributed by atoms with Gasteiger partial charge in [0.2, 0.25) is 11.7 Å². The maximum Gasteiger partial charge on any atom is 0.264 e. The van der Waals surface area contributed by atoms with Crippen LogP contribution in [0, 0.1) is 17.8 Å². The van der Waals surface area contributed by atoms with Gasteiger partial charge >= 0.3 is 0 Å². The third kappa shape index (κ3) is 5.22. The Kier molecular flexibility index (Phi) is 6.80. The molecule has 1 fully saturated rings. The van der Waals surface area contributed by atoms with E-state index < -0.39 is 17.7 Å². The Hall–Kier alpha value is -2.95. The number of hydrogen-bond acceptors (Lipinski definition) is 4. The average molecular weight is 419 g/mol. The number of Topliss-reactive ketones (excluding diaryl/α,β-unsaturated/α-hetero) is 1. The lowest BCUT2D eigenvalue weighted by atomic mass is 9.75. The van der Waals surface area contributed by atoms with Gasteiger partial charge in [0.15, 0.2) is 5.58 Å². The number of aryl methyl sites for hydroxylation is 1. The number of primary amides is 1. The molecule has 1 heterocycles. The van der Waals surface area contributed by atoms with Gasteiger partial charge in [0, 0.05) is 11.8 Å². The molecule has 162 valence electrons. The van der Waals surface area contributed by atoms with Crippen molar-refractivity contribution in [2.75, 3.05) is 0 Å². The van der Waals surface area contributed by atoms with Crippen LogP contribution < -0.4 is 5.73 Å². The molecule has 0 saturated heterocycles. The van der Waals surface area contributed by atoms with Crippen molar-refractivity contribution in [3.63, 3.8) is 0 Å². The Morgan fingerprint density at radius 2 is 1.68 bits per heavy atom. The van der Waals surface area contributed by atoms with Crippen LogP contribution in [-0.2, 0) is 11.2 Å². The van der Waals surface area contributed by atoms with E-state index in [1.807, 2.05) is 48.5 Å². The van der Waals surface area contributed by atoms with E-state index in [0.29, 0.717) is 36.3 Å². The lowest BCUT2D eigenvalue weighted by Crippen LogP contribution is -2.36. The highest BCUT2D eigenvalue weighted by molar-refractivity contribution is 5.98. The molecule has 5 nitrogen and oxygen atoms in total. The minimum atomic E-state index is -0.535. The number of carbonyl (C=O) groups excluding carboxylic acids is 2. The molecule has 2 N–H and O–H groups in total. The number of para-hydroxylation sites is 2. The molecule has 0 radical (unpaired) electrons. The normalized spacial score (nSPS) is 16.8. The maximum atomic E-state index is 13.6.